The monoisotopic (exact) mass is 254 g/mol. The smallest absolute Gasteiger partial charge is 0.349 e. The lowest BCUT2D eigenvalue weighted by Gasteiger charge is -2.00. The van der Waals surface area contributed by atoms with Gasteiger partial charge in [-0.15, -0.1) is 0 Å². The number of hydrogen-bond donors (Lipinski definition) is 0. The topological polar surface area (TPSA) is 44.8 Å². The second-order valence-electron chi connectivity index (χ2n) is 3.44. The number of esters is 1. The number of ether oxygens (including phenoxy) is 3. The highest BCUT2D eigenvalue weighted by atomic mass is 35.5. The fourth-order valence-electron chi connectivity index (χ4n) is 1.46. The summed E-state index contributed by atoms with van der Waals surface area (Å²) in [6, 6.07) is 5.59. The molecule has 0 fully saturated rings. The van der Waals surface area contributed by atoms with E-state index in [1.54, 1.807) is 6.08 Å². The zero-order valence-corrected chi connectivity index (χ0v) is 9.99. The number of methoxy groups -OCH3 is 1. The van der Waals surface area contributed by atoms with Crippen molar-refractivity contribution in [2.45, 2.75) is 6.42 Å². The number of hydrogen-bond acceptors (Lipinski definition) is 4. The van der Waals surface area contributed by atoms with Crippen LogP contribution < -0.4 is 9.47 Å². The molecule has 1 heterocycles. The molecule has 1 aliphatic rings. The van der Waals surface area contributed by atoms with Gasteiger partial charge >= 0.3 is 5.97 Å². The van der Waals surface area contributed by atoms with Gasteiger partial charge in [-0.05, 0) is 24.1 Å². The molecular weight excluding hydrogens is 244 g/mol. The molecule has 0 radical (unpaired) electrons. The Labute approximate surface area is 104 Å². The average Bonchev–Trinajstić information content (AvgIpc) is 2.82. The quantitative estimate of drug-likeness (QED) is 0.613. The Morgan fingerprint density at radius 1 is 1.47 bits per heavy atom. The van der Waals surface area contributed by atoms with E-state index in [1.165, 1.54) is 7.11 Å². The van der Waals surface area contributed by atoms with Gasteiger partial charge in [-0.1, -0.05) is 23.7 Å². The van der Waals surface area contributed by atoms with Gasteiger partial charge in [0.2, 0.25) is 6.79 Å². The number of benzene rings is 1. The summed E-state index contributed by atoms with van der Waals surface area (Å²) < 4.78 is 14.9. The summed E-state index contributed by atoms with van der Waals surface area (Å²) in [5.74, 6) is 0.911. The van der Waals surface area contributed by atoms with E-state index in [9.17, 15) is 4.79 Å². The zero-order valence-electron chi connectivity index (χ0n) is 9.23. The Morgan fingerprint density at radius 3 is 3.00 bits per heavy atom. The zero-order chi connectivity index (χ0) is 12.3. The fraction of sp³-hybridized carbons (Fsp3) is 0.250. The predicted molar refractivity (Wildman–Crippen MR) is 62.2 cm³/mol. The Morgan fingerprint density at radius 2 is 2.24 bits per heavy atom. The molecule has 0 aromatic heterocycles. The van der Waals surface area contributed by atoms with Crippen molar-refractivity contribution in [3.8, 4) is 11.5 Å². The molecule has 0 amide bonds. The number of rotatable bonds is 3. The van der Waals surface area contributed by atoms with Crippen LogP contribution in [0, 0.1) is 0 Å². The molecule has 17 heavy (non-hydrogen) atoms. The van der Waals surface area contributed by atoms with E-state index in [4.69, 9.17) is 21.1 Å². The molecule has 2 rings (SSSR count). The number of halogens is 1. The average molecular weight is 255 g/mol. The molecule has 0 bridgehead atoms. The van der Waals surface area contributed by atoms with E-state index in [2.05, 4.69) is 4.74 Å². The van der Waals surface area contributed by atoms with Crippen LogP contribution in [0.2, 0.25) is 0 Å². The van der Waals surface area contributed by atoms with Crippen molar-refractivity contribution < 1.29 is 19.0 Å². The summed E-state index contributed by atoms with van der Waals surface area (Å²) in [4.78, 5) is 11.1. The lowest BCUT2D eigenvalue weighted by molar-refractivity contribution is -0.135. The van der Waals surface area contributed by atoms with Gasteiger partial charge in [-0.25, -0.2) is 4.79 Å². The molecule has 0 saturated heterocycles. The normalized spacial score (nSPS) is 13.6. The second-order valence-corrected chi connectivity index (χ2v) is 3.84. The fourth-order valence-corrected chi connectivity index (χ4v) is 1.61. The van der Waals surface area contributed by atoms with E-state index in [0.29, 0.717) is 12.2 Å². The first-order valence-electron chi connectivity index (χ1n) is 5.03. The van der Waals surface area contributed by atoms with Crippen LogP contribution in [0.5, 0.6) is 11.5 Å². The molecule has 4 nitrogen and oxygen atoms in total. The van der Waals surface area contributed by atoms with Gasteiger partial charge in [0.15, 0.2) is 11.5 Å². The van der Waals surface area contributed by atoms with Gasteiger partial charge in [0.25, 0.3) is 0 Å². The minimum Gasteiger partial charge on any atom is -0.465 e. The van der Waals surface area contributed by atoms with Gasteiger partial charge < -0.3 is 14.2 Å². The first-order valence-corrected chi connectivity index (χ1v) is 5.41. The SMILES string of the molecule is COC(=O)/C(Cl)=C/Cc1ccc2c(c1)OCO2. The van der Waals surface area contributed by atoms with Crippen LogP contribution >= 0.6 is 11.6 Å². The molecule has 0 spiro atoms. The van der Waals surface area contributed by atoms with Crippen LogP contribution in [0.25, 0.3) is 0 Å². The molecule has 1 aromatic carbocycles. The minimum atomic E-state index is -0.535. The number of allylic oxidation sites excluding steroid dienone is 1. The molecule has 5 heteroatoms. The largest absolute Gasteiger partial charge is 0.465 e. The van der Waals surface area contributed by atoms with Crippen LogP contribution in [-0.2, 0) is 16.0 Å². The van der Waals surface area contributed by atoms with Crippen molar-refractivity contribution >= 4 is 17.6 Å². The standard InChI is InChI=1S/C12H11ClO4/c1-15-12(14)9(13)4-2-8-3-5-10-11(6-8)17-7-16-10/h3-6H,2,7H2,1H3/b9-4-. The van der Waals surface area contributed by atoms with Crippen molar-refractivity contribution in [3.63, 3.8) is 0 Å². The minimum absolute atomic E-state index is 0.0742. The molecule has 90 valence electrons. The van der Waals surface area contributed by atoms with Gasteiger partial charge in [-0.3, -0.25) is 0 Å². The van der Waals surface area contributed by atoms with Gasteiger partial charge in [0.1, 0.15) is 5.03 Å². The van der Waals surface area contributed by atoms with E-state index < -0.39 is 5.97 Å². The third kappa shape index (κ3) is 2.71. The van der Waals surface area contributed by atoms with Crippen LogP contribution in [0.15, 0.2) is 29.3 Å². The summed E-state index contributed by atoms with van der Waals surface area (Å²) in [6.45, 7) is 0.248. The van der Waals surface area contributed by atoms with Gasteiger partial charge in [-0.2, -0.15) is 0 Å². The van der Waals surface area contributed by atoms with E-state index >= 15 is 0 Å². The molecule has 0 saturated carbocycles. The highest BCUT2D eigenvalue weighted by Gasteiger charge is 2.13. The van der Waals surface area contributed by atoms with Crippen LogP contribution in [0.4, 0.5) is 0 Å². The maximum atomic E-state index is 11.1. The van der Waals surface area contributed by atoms with Crippen LogP contribution in [-0.4, -0.2) is 19.9 Å². The van der Waals surface area contributed by atoms with Crippen molar-refractivity contribution in [3.05, 3.63) is 34.9 Å². The maximum absolute atomic E-state index is 11.1. The van der Waals surface area contributed by atoms with Crippen molar-refractivity contribution in [2.24, 2.45) is 0 Å². The number of fused-ring (bicyclic) bond motifs is 1. The highest BCUT2D eigenvalue weighted by Crippen LogP contribution is 2.32. The summed E-state index contributed by atoms with van der Waals surface area (Å²) in [5.41, 5.74) is 0.983. The molecule has 1 aliphatic heterocycles. The summed E-state index contributed by atoms with van der Waals surface area (Å²) >= 11 is 5.73. The number of carbonyl (C=O) groups is 1. The Hall–Kier alpha value is -1.68. The van der Waals surface area contributed by atoms with Crippen LogP contribution in [0.1, 0.15) is 5.56 Å². The summed E-state index contributed by atoms with van der Waals surface area (Å²) in [5, 5.41) is 0.0742. The Balaban J connectivity index is 2.07. The van der Waals surface area contributed by atoms with Crippen molar-refractivity contribution in [1.29, 1.82) is 0 Å². The molecule has 0 aliphatic carbocycles. The lowest BCUT2D eigenvalue weighted by Crippen LogP contribution is -1.99. The maximum Gasteiger partial charge on any atom is 0.349 e. The third-order valence-corrected chi connectivity index (χ3v) is 2.64. The van der Waals surface area contributed by atoms with Crippen molar-refractivity contribution in [1.82, 2.24) is 0 Å². The van der Waals surface area contributed by atoms with Gasteiger partial charge in [0, 0.05) is 0 Å². The molecule has 0 unspecified atom stereocenters. The first-order chi connectivity index (χ1) is 8.20. The van der Waals surface area contributed by atoms with E-state index in [-0.39, 0.29) is 11.8 Å². The Kier molecular flexibility index (Phi) is 3.54. The summed E-state index contributed by atoms with van der Waals surface area (Å²) in [6.07, 6.45) is 2.13. The molecule has 1 aromatic rings. The molecular formula is C12H11ClO4. The number of carbonyl (C=O) groups excluding carboxylic acids is 1. The van der Waals surface area contributed by atoms with Crippen molar-refractivity contribution in [2.75, 3.05) is 13.9 Å². The molecule has 0 atom stereocenters. The predicted octanol–water partition coefficient (Wildman–Crippen LogP) is 2.25. The van der Waals surface area contributed by atoms with Gasteiger partial charge in [0.05, 0.1) is 7.11 Å². The van der Waals surface area contributed by atoms with Crippen LogP contribution in [0.3, 0.4) is 0 Å². The third-order valence-electron chi connectivity index (χ3n) is 2.33. The molecule has 0 N–H and O–H groups in total. The van der Waals surface area contributed by atoms with E-state index in [0.717, 1.165) is 11.3 Å². The highest BCUT2D eigenvalue weighted by molar-refractivity contribution is 6.41. The lowest BCUT2D eigenvalue weighted by atomic mass is 10.1. The second kappa shape index (κ2) is 5.10. The van der Waals surface area contributed by atoms with E-state index in [1.807, 2.05) is 18.2 Å². The Bertz CT molecular complexity index is 468. The summed E-state index contributed by atoms with van der Waals surface area (Å²) in [7, 11) is 1.29. The first kappa shape index (κ1) is 11.8.